The van der Waals surface area contributed by atoms with Crippen LogP contribution < -0.4 is 5.73 Å². The van der Waals surface area contributed by atoms with Crippen molar-refractivity contribution in [3.05, 3.63) is 24.5 Å². The quantitative estimate of drug-likeness (QED) is 0.820. The van der Waals surface area contributed by atoms with Crippen LogP contribution in [0.2, 0.25) is 0 Å². The second kappa shape index (κ2) is 5.59. The van der Waals surface area contributed by atoms with E-state index in [1.54, 1.807) is 12.4 Å². The van der Waals surface area contributed by atoms with Crippen molar-refractivity contribution < 1.29 is 5.11 Å². The lowest BCUT2D eigenvalue weighted by Gasteiger charge is -2.09. The number of nitrogen functional groups attached to an aromatic ring is 1. The molecule has 3 N–H and O–H groups in total. The average Bonchev–Trinajstić information content (AvgIpc) is 2.84. The van der Waals surface area contributed by atoms with E-state index < -0.39 is 0 Å². The third-order valence-corrected chi connectivity index (χ3v) is 2.79. The minimum Gasteiger partial charge on any atom is -0.396 e. The first-order chi connectivity index (χ1) is 8.70. The third kappa shape index (κ3) is 2.84. The van der Waals surface area contributed by atoms with Crippen LogP contribution in [-0.2, 0) is 6.54 Å². The second-order valence-electron chi connectivity index (χ2n) is 4.37. The lowest BCUT2D eigenvalue weighted by atomic mass is 10.1. The van der Waals surface area contributed by atoms with Crippen molar-refractivity contribution in [1.29, 1.82) is 0 Å². The highest BCUT2D eigenvalue weighted by molar-refractivity contribution is 5.52. The van der Waals surface area contributed by atoms with Gasteiger partial charge in [0.1, 0.15) is 17.8 Å². The summed E-state index contributed by atoms with van der Waals surface area (Å²) in [4.78, 5) is 4.23. The van der Waals surface area contributed by atoms with Gasteiger partial charge in [0.25, 0.3) is 0 Å². The molecule has 0 radical (unpaired) electrons. The van der Waals surface area contributed by atoms with E-state index in [2.05, 4.69) is 15.2 Å². The molecule has 0 aromatic carbocycles. The van der Waals surface area contributed by atoms with Gasteiger partial charge in [0, 0.05) is 13.2 Å². The number of hydrogen-bond acceptors (Lipinski definition) is 5. The van der Waals surface area contributed by atoms with Crippen molar-refractivity contribution in [2.75, 3.05) is 12.3 Å². The van der Waals surface area contributed by atoms with E-state index in [1.165, 1.54) is 0 Å². The molecule has 0 spiro atoms. The number of nitrogens with two attached hydrogens (primary N) is 1. The van der Waals surface area contributed by atoms with Crippen LogP contribution in [0, 0.1) is 5.92 Å². The monoisotopic (exact) mass is 247 g/mol. The summed E-state index contributed by atoms with van der Waals surface area (Å²) in [5.74, 6) is 1.42. The SMILES string of the molecule is C[C@@H](CO)CCn1cnnc1-c1cccc(N)n1. The van der Waals surface area contributed by atoms with Gasteiger partial charge in [-0.25, -0.2) is 4.98 Å². The summed E-state index contributed by atoms with van der Waals surface area (Å²) >= 11 is 0. The van der Waals surface area contributed by atoms with E-state index in [0.29, 0.717) is 17.3 Å². The Morgan fingerprint density at radius 3 is 3.00 bits per heavy atom. The van der Waals surface area contributed by atoms with Crippen molar-refractivity contribution in [2.24, 2.45) is 5.92 Å². The first-order valence-corrected chi connectivity index (χ1v) is 5.92. The number of anilines is 1. The molecule has 0 saturated carbocycles. The van der Waals surface area contributed by atoms with Crippen molar-refractivity contribution in [3.63, 3.8) is 0 Å². The topological polar surface area (TPSA) is 89.8 Å². The maximum atomic E-state index is 9.02. The van der Waals surface area contributed by atoms with Gasteiger partial charge in [-0.3, -0.25) is 0 Å². The van der Waals surface area contributed by atoms with Gasteiger partial charge in [-0.2, -0.15) is 0 Å². The molecule has 0 unspecified atom stereocenters. The zero-order valence-corrected chi connectivity index (χ0v) is 10.3. The van der Waals surface area contributed by atoms with Crippen LogP contribution in [0.3, 0.4) is 0 Å². The maximum absolute atomic E-state index is 9.02. The van der Waals surface area contributed by atoms with Crippen LogP contribution in [0.15, 0.2) is 24.5 Å². The number of hydrogen-bond donors (Lipinski definition) is 2. The van der Waals surface area contributed by atoms with Gasteiger partial charge in [-0.05, 0) is 24.5 Å². The average molecular weight is 247 g/mol. The smallest absolute Gasteiger partial charge is 0.182 e. The molecule has 1 atom stereocenters. The Balaban J connectivity index is 2.17. The highest BCUT2D eigenvalue weighted by atomic mass is 16.3. The molecule has 96 valence electrons. The number of rotatable bonds is 5. The number of aliphatic hydroxyl groups excluding tert-OH is 1. The molecule has 18 heavy (non-hydrogen) atoms. The van der Waals surface area contributed by atoms with Crippen molar-refractivity contribution >= 4 is 5.82 Å². The molecule has 0 aliphatic heterocycles. The van der Waals surface area contributed by atoms with Gasteiger partial charge >= 0.3 is 0 Å². The third-order valence-electron chi connectivity index (χ3n) is 2.79. The first kappa shape index (κ1) is 12.5. The fourth-order valence-corrected chi connectivity index (χ4v) is 1.64. The number of aromatic nitrogens is 4. The summed E-state index contributed by atoms with van der Waals surface area (Å²) in [6, 6.07) is 5.43. The Morgan fingerprint density at radius 1 is 1.44 bits per heavy atom. The molecule has 2 rings (SSSR count). The zero-order valence-electron chi connectivity index (χ0n) is 10.3. The minimum atomic E-state index is 0.188. The molecule has 2 aromatic rings. The summed E-state index contributed by atoms with van der Waals surface area (Å²) < 4.78 is 1.92. The fourth-order valence-electron chi connectivity index (χ4n) is 1.64. The molecular formula is C12H17N5O. The molecule has 6 nitrogen and oxygen atoms in total. The van der Waals surface area contributed by atoms with Crippen molar-refractivity contribution in [1.82, 2.24) is 19.7 Å². The molecule has 2 heterocycles. The van der Waals surface area contributed by atoms with Crippen LogP contribution in [0.5, 0.6) is 0 Å². The highest BCUT2D eigenvalue weighted by Crippen LogP contribution is 2.16. The molecule has 0 aliphatic rings. The predicted octanol–water partition coefficient (Wildman–Crippen LogP) is 0.941. The number of nitrogens with zero attached hydrogens (tertiary/aromatic N) is 4. The molecule has 0 aliphatic carbocycles. The van der Waals surface area contributed by atoms with E-state index in [1.807, 2.05) is 23.6 Å². The van der Waals surface area contributed by atoms with E-state index in [4.69, 9.17) is 10.8 Å². The Hall–Kier alpha value is -1.95. The Morgan fingerprint density at radius 2 is 2.28 bits per heavy atom. The van der Waals surface area contributed by atoms with Gasteiger partial charge in [-0.1, -0.05) is 13.0 Å². The summed E-state index contributed by atoms with van der Waals surface area (Å²) in [6.07, 6.45) is 2.54. The largest absolute Gasteiger partial charge is 0.396 e. The first-order valence-electron chi connectivity index (χ1n) is 5.92. The van der Waals surface area contributed by atoms with E-state index in [9.17, 15) is 0 Å². The molecule has 0 bridgehead atoms. The van der Waals surface area contributed by atoms with Crippen molar-refractivity contribution in [2.45, 2.75) is 19.9 Å². The van der Waals surface area contributed by atoms with Gasteiger partial charge in [-0.15, -0.1) is 10.2 Å². The Bertz CT molecular complexity index is 511. The normalized spacial score (nSPS) is 12.6. The van der Waals surface area contributed by atoms with Crippen LogP contribution in [0.25, 0.3) is 11.5 Å². The van der Waals surface area contributed by atoms with Crippen molar-refractivity contribution in [3.8, 4) is 11.5 Å². The molecule has 2 aromatic heterocycles. The Kier molecular flexibility index (Phi) is 3.88. The van der Waals surface area contributed by atoms with Gasteiger partial charge < -0.3 is 15.4 Å². The van der Waals surface area contributed by atoms with E-state index in [0.717, 1.165) is 13.0 Å². The molecule has 6 heteroatoms. The summed E-state index contributed by atoms with van der Waals surface area (Å²) in [6.45, 7) is 2.94. The molecule has 0 saturated heterocycles. The highest BCUT2D eigenvalue weighted by Gasteiger charge is 2.10. The van der Waals surface area contributed by atoms with Gasteiger partial charge in [0.2, 0.25) is 0 Å². The second-order valence-corrected chi connectivity index (χ2v) is 4.37. The lowest BCUT2D eigenvalue weighted by molar-refractivity contribution is 0.226. The summed E-state index contributed by atoms with van der Waals surface area (Å²) in [7, 11) is 0. The zero-order chi connectivity index (χ0) is 13.0. The molecule has 0 amide bonds. The number of pyridine rings is 1. The van der Waals surface area contributed by atoms with E-state index in [-0.39, 0.29) is 12.5 Å². The fraction of sp³-hybridized carbons (Fsp3) is 0.417. The van der Waals surface area contributed by atoms with Crippen LogP contribution >= 0.6 is 0 Å². The Labute approximate surface area is 105 Å². The van der Waals surface area contributed by atoms with Gasteiger partial charge in [0.15, 0.2) is 5.82 Å². The predicted molar refractivity (Wildman–Crippen MR) is 68.5 cm³/mol. The lowest BCUT2D eigenvalue weighted by Crippen LogP contribution is -2.08. The van der Waals surface area contributed by atoms with Gasteiger partial charge in [0.05, 0.1) is 0 Å². The summed E-state index contributed by atoms with van der Waals surface area (Å²) in [5, 5.41) is 17.0. The van der Waals surface area contributed by atoms with Crippen LogP contribution in [-0.4, -0.2) is 31.5 Å². The number of aryl methyl sites for hydroxylation is 1. The molecule has 0 fully saturated rings. The maximum Gasteiger partial charge on any atom is 0.182 e. The van der Waals surface area contributed by atoms with Crippen LogP contribution in [0.4, 0.5) is 5.82 Å². The standard InChI is InChI=1S/C12H17N5O/c1-9(7-18)5-6-17-8-14-16-12(17)10-3-2-4-11(13)15-10/h2-4,8-9,18H,5-7H2,1H3,(H2,13,15)/t9-/m1/s1. The number of aliphatic hydroxyl groups is 1. The van der Waals surface area contributed by atoms with Crippen LogP contribution in [0.1, 0.15) is 13.3 Å². The summed E-state index contributed by atoms with van der Waals surface area (Å²) in [5.41, 5.74) is 6.37. The van der Waals surface area contributed by atoms with E-state index >= 15 is 0 Å². The molecular weight excluding hydrogens is 230 g/mol. The minimum absolute atomic E-state index is 0.188.